The molecule has 7 heteroatoms. The maximum Gasteiger partial charge on any atom is 0.234 e. The second kappa shape index (κ2) is 6.76. The Morgan fingerprint density at radius 1 is 1.50 bits per heavy atom. The van der Waals surface area contributed by atoms with E-state index in [0.717, 1.165) is 5.82 Å². The first-order valence-electron chi connectivity index (χ1n) is 6.15. The lowest BCUT2D eigenvalue weighted by atomic mass is 10.2. The Hall–Kier alpha value is -1.53. The molecule has 106 valence electrons. The molecule has 0 spiro atoms. The number of rotatable bonds is 5. The molecular formula is C13H15ClN4OS. The summed E-state index contributed by atoms with van der Waals surface area (Å²) in [7, 11) is 0. The molecule has 20 heavy (non-hydrogen) atoms. The van der Waals surface area contributed by atoms with Gasteiger partial charge >= 0.3 is 0 Å². The molecule has 0 radical (unpaired) electrons. The number of H-pyrrole nitrogens is 1. The zero-order chi connectivity index (χ0) is 14.5. The van der Waals surface area contributed by atoms with Crippen LogP contribution < -0.4 is 5.32 Å². The highest BCUT2D eigenvalue weighted by atomic mass is 35.5. The van der Waals surface area contributed by atoms with Crippen LogP contribution in [0.5, 0.6) is 0 Å². The molecule has 0 aliphatic heterocycles. The van der Waals surface area contributed by atoms with Gasteiger partial charge in [-0.05, 0) is 18.2 Å². The Labute approximate surface area is 126 Å². The van der Waals surface area contributed by atoms with Crippen LogP contribution in [0.2, 0.25) is 5.02 Å². The second-order valence-electron chi connectivity index (χ2n) is 4.51. The van der Waals surface area contributed by atoms with Crippen molar-refractivity contribution in [3.63, 3.8) is 0 Å². The van der Waals surface area contributed by atoms with Crippen LogP contribution >= 0.6 is 23.4 Å². The quantitative estimate of drug-likeness (QED) is 0.831. The van der Waals surface area contributed by atoms with Crippen molar-refractivity contribution >= 4 is 35.0 Å². The van der Waals surface area contributed by atoms with Crippen LogP contribution in [0.25, 0.3) is 0 Å². The number of benzene rings is 1. The molecule has 0 aliphatic carbocycles. The number of nitrogens with one attached hydrogen (secondary N) is 2. The molecule has 1 heterocycles. The van der Waals surface area contributed by atoms with Crippen molar-refractivity contribution in [2.24, 2.45) is 0 Å². The molecule has 5 nitrogen and oxygen atoms in total. The van der Waals surface area contributed by atoms with Crippen molar-refractivity contribution in [2.75, 3.05) is 11.1 Å². The van der Waals surface area contributed by atoms with E-state index in [9.17, 15) is 4.79 Å². The van der Waals surface area contributed by atoms with Crippen molar-refractivity contribution in [3.8, 4) is 0 Å². The molecule has 1 aromatic carbocycles. The Kier molecular flexibility index (Phi) is 5.03. The van der Waals surface area contributed by atoms with Gasteiger partial charge in [-0.15, -0.1) is 5.10 Å². The minimum Gasteiger partial charge on any atom is -0.325 e. The van der Waals surface area contributed by atoms with Gasteiger partial charge in [-0.2, -0.15) is 0 Å². The molecule has 0 bridgehead atoms. The number of aromatic amines is 1. The third-order valence-electron chi connectivity index (χ3n) is 2.47. The van der Waals surface area contributed by atoms with Crippen molar-refractivity contribution < 1.29 is 4.79 Å². The molecule has 0 atom stereocenters. The standard InChI is InChI=1S/C13H15ClN4OS/c1-8(2)12-16-13(18-17-12)20-7-11(19)15-10-5-3-4-9(14)6-10/h3-6,8H,7H2,1-2H3,(H,15,19)(H,16,17,18). The van der Waals surface area contributed by atoms with Gasteiger partial charge in [-0.3, -0.25) is 9.89 Å². The predicted octanol–water partition coefficient (Wildman–Crippen LogP) is 3.31. The zero-order valence-electron chi connectivity index (χ0n) is 11.2. The largest absolute Gasteiger partial charge is 0.325 e. The van der Waals surface area contributed by atoms with Gasteiger partial charge in [0.2, 0.25) is 11.1 Å². The molecule has 2 aromatic rings. The van der Waals surface area contributed by atoms with E-state index in [4.69, 9.17) is 11.6 Å². The van der Waals surface area contributed by atoms with Gasteiger partial charge in [0.1, 0.15) is 5.82 Å². The average molecular weight is 311 g/mol. The summed E-state index contributed by atoms with van der Waals surface area (Å²) >= 11 is 7.14. The van der Waals surface area contributed by atoms with Gasteiger partial charge in [0.25, 0.3) is 0 Å². The molecule has 1 amide bonds. The number of aromatic nitrogens is 3. The highest BCUT2D eigenvalue weighted by Crippen LogP contribution is 2.18. The molecule has 1 aromatic heterocycles. The zero-order valence-corrected chi connectivity index (χ0v) is 12.8. The summed E-state index contributed by atoms with van der Waals surface area (Å²) in [6.07, 6.45) is 0. The monoisotopic (exact) mass is 310 g/mol. The Morgan fingerprint density at radius 2 is 2.30 bits per heavy atom. The molecule has 0 aliphatic rings. The number of amides is 1. The van der Waals surface area contributed by atoms with Gasteiger partial charge in [-0.25, -0.2) is 4.98 Å². The highest BCUT2D eigenvalue weighted by molar-refractivity contribution is 7.99. The lowest BCUT2D eigenvalue weighted by Crippen LogP contribution is -2.14. The fourth-order valence-electron chi connectivity index (χ4n) is 1.47. The van der Waals surface area contributed by atoms with Crippen molar-refractivity contribution in [3.05, 3.63) is 35.1 Å². The van der Waals surface area contributed by atoms with Crippen molar-refractivity contribution in [2.45, 2.75) is 24.9 Å². The molecule has 2 N–H and O–H groups in total. The van der Waals surface area contributed by atoms with Crippen LogP contribution in [-0.4, -0.2) is 26.8 Å². The number of anilines is 1. The number of carbonyl (C=O) groups excluding carboxylic acids is 1. The number of hydrogen-bond donors (Lipinski definition) is 2. The van der Waals surface area contributed by atoms with Gasteiger partial charge < -0.3 is 5.32 Å². The third kappa shape index (κ3) is 4.25. The summed E-state index contributed by atoms with van der Waals surface area (Å²) in [5, 5.41) is 10.9. The first kappa shape index (κ1) is 14.9. The lowest BCUT2D eigenvalue weighted by Gasteiger charge is -2.04. The van der Waals surface area contributed by atoms with Crippen LogP contribution in [0.15, 0.2) is 29.4 Å². The van der Waals surface area contributed by atoms with E-state index in [1.807, 2.05) is 13.8 Å². The molecule has 0 fully saturated rings. The Balaban J connectivity index is 1.85. The van der Waals surface area contributed by atoms with E-state index in [-0.39, 0.29) is 17.6 Å². The first-order valence-corrected chi connectivity index (χ1v) is 7.51. The average Bonchev–Trinajstić information content (AvgIpc) is 2.85. The first-order chi connectivity index (χ1) is 9.54. The minimum atomic E-state index is -0.117. The molecule has 0 saturated carbocycles. The normalized spacial score (nSPS) is 10.8. The predicted molar refractivity (Wildman–Crippen MR) is 81.3 cm³/mol. The van der Waals surface area contributed by atoms with E-state index in [2.05, 4.69) is 20.5 Å². The van der Waals surface area contributed by atoms with Gasteiger partial charge in [0, 0.05) is 16.6 Å². The molecule has 2 rings (SSSR count). The highest BCUT2D eigenvalue weighted by Gasteiger charge is 2.09. The fraction of sp³-hybridized carbons (Fsp3) is 0.308. The maximum atomic E-state index is 11.8. The van der Waals surface area contributed by atoms with Crippen LogP contribution in [0.4, 0.5) is 5.69 Å². The second-order valence-corrected chi connectivity index (χ2v) is 5.88. The van der Waals surface area contributed by atoms with Gasteiger partial charge in [-0.1, -0.05) is 43.3 Å². The number of nitrogens with zero attached hydrogens (tertiary/aromatic N) is 2. The number of carbonyl (C=O) groups is 1. The Bertz CT molecular complexity index is 600. The van der Waals surface area contributed by atoms with E-state index >= 15 is 0 Å². The van der Waals surface area contributed by atoms with Crippen LogP contribution in [-0.2, 0) is 4.79 Å². The van der Waals surface area contributed by atoms with E-state index in [1.165, 1.54) is 11.8 Å². The van der Waals surface area contributed by atoms with Gasteiger partial charge in [0.05, 0.1) is 5.75 Å². The molecule has 0 unspecified atom stereocenters. The van der Waals surface area contributed by atoms with E-state index in [0.29, 0.717) is 15.9 Å². The molecule has 0 saturated heterocycles. The van der Waals surface area contributed by atoms with Crippen LogP contribution in [0.1, 0.15) is 25.6 Å². The van der Waals surface area contributed by atoms with E-state index < -0.39 is 0 Å². The van der Waals surface area contributed by atoms with E-state index in [1.54, 1.807) is 24.3 Å². The summed E-state index contributed by atoms with van der Waals surface area (Å²) in [6.45, 7) is 4.06. The summed E-state index contributed by atoms with van der Waals surface area (Å²) in [6, 6.07) is 7.04. The number of thioether (sulfide) groups is 1. The van der Waals surface area contributed by atoms with Crippen LogP contribution in [0, 0.1) is 0 Å². The topological polar surface area (TPSA) is 70.7 Å². The smallest absolute Gasteiger partial charge is 0.234 e. The van der Waals surface area contributed by atoms with Crippen molar-refractivity contribution in [1.29, 1.82) is 0 Å². The summed E-state index contributed by atoms with van der Waals surface area (Å²) in [5.74, 6) is 1.25. The number of hydrogen-bond acceptors (Lipinski definition) is 4. The minimum absolute atomic E-state index is 0.117. The van der Waals surface area contributed by atoms with Crippen molar-refractivity contribution in [1.82, 2.24) is 15.2 Å². The maximum absolute atomic E-state index is 11.8. The number of halogens is 1. The summed E-state index contributed by atoms with van der Waals surface area (Å²) in [5.41, 5.74) is 0.681. The SMILES string of the molecule is CC(C)c1nc(SCC(=O)Nc2cccc(Cl)c2)n[nH]1. The summed E-state index contributed by atoms with van der Waals surface area (Å²) in [4.78, 5) is 16.1. The molecular weight excluding hydrogens is 296 g/mol. The Morgan fingerprint density at radius 3 is 2.95 bits per heavy atom. The lowest BCUT2D eigenvalue weighted by molar-refractivity contribution is -0.113. The fourth-order valence-corrected chi connectivity index (χ4v) is 2.27. The third-order valence-corrected chi connectivity index (χ3v) is 3.55. The van der Waals surface area contributed by atoms with Gasteiger partial charge in [0.15, 0.2) is 0 Å². The van der Waals surface area contributed by atoms with Crippen LogP contribution in [0.3, 0.4) is 0 Å². The summed E-state index contributed by atoms with van der Waals surface area (Å²) < 4.78 is 0.